The van der Waals surface area contributed by atoms with Crippen LogP contribution in [0.5, 0.6) is 0 Å². The number of nitrogens with two attached hydrogens (primary N) is 1. The Balaban J connectivity index is 2.10. The topological polar surface area (TPSA) is 261 Å². The number of nitrogens with zero attached hydrogens (tertiary/aromatic N) is 3. The number of thioether (sulfide) groups is 1. The van der Waals surface area contributed by atoms with Crippen molar-refractivity contribution < 1.29 is 57.4 Å². The summed E-state index contributed by atoms with van der Waals surface area (Å²) in [4.78, 5) is 135. The lowest BCUT2D eigenvalue weighted by atomic mass is 9.83. The van der Waals surface area contributed by atoms with Crippen molar-refractivity contribution in [2.24, 2.45) is 41.2 Å². The third-order valence-corrected chi connectivity index (χ3v) is 14.9. The molecule has 416 valence electrons. The fourth-order valence-electron chi connectivity index (χ4n) is 9.47. The van der Waals surface area contributed by atoms with Crippen molar-refractivity contribution in [2.75, 3.05) is 45.9 Å². The van der Waals surface area contributed by atoms with E-state index in [4.69, 9.17) is 15.2 Å². The van der Waals surface area contributed by atoms with Crippen LogP contribution in [0.25, 0.3) is 0 Å². The van der Waals surface area contributed by atoms with Crippen molar-refractivity contribution in [1.82, 2.24) is 25.3 Å². The number of hydrogen-bond donors (Lipinski definition) is 4. The zero-order valence-electron chi connectivity index (χ0n) is 46.3. The summed E-state index contributed by atoms with van der Waals surface area (Å²) in [7, 11) is 4.71. The van der Waals surface area contributed by atoms with Crippen LogP contribution in [0, 0.1) is 35.5 Å². The molecule has 0 spiro atoms. The van der Waals surface area contributed by atoms with Gasteiger partial charge in [0.2, 0.25) is 29.5 Å². The number of imide groups is 1. The van der Waals surface area contributed by atoms with Crippen LogP contribution in [0.2, 0.25) is 0 Å². The number of ketones is 3. The molecule has 0 radical (unpaired) electrons. The predicted octanol–water partition coefficient (Wildman–Crippen LogP) is 6.53. The second-order valence-electron chi connectivity index (χ2n) is 20.8. The largest absolute Gasteiger partial charge is 0.445 e. The standard InChI is InChI=1S/C54H87N7O12S/c1-14-35(8)49(43(72-12)27-36(9)62)59(10)51(68)40(32(2)3)29-42(64)48(34(6)7)60(11)54(71)73-31-37-21-23-39(24-22-37)57-50(67)38(19-18-25-56-53(55)70)28-41(63)47(33(4)5)58-45(65)20-16-15-17-26-61-46(66)30-44(74-13)52(61)69/h21-24,32-35,38,40,43-44,47-49H,14-20,25-31H2,1-13H3,(H,57,67)(H,58,65)(H3,55,56,70)/t35-,38+,40-,43+,44?,47-,48-,49-/m0/s1. The first-order chi connectivity index (χ1) is 34.8. The molecule has 1 aromatic carbocycles. The molecule has 1 fully saturated rings. The van der Waals surface area contributed by atoms with Gasteiger partial charge in [0.1, 0.15) is 12.4 Å². The lowest BCUT2D eigenvalue weighted by Crippen LogP contribution is -2.53. The first-order valence-electron chi connectivity index (χ1n) is 26.1. The van der Waals surface area contributed by atoms with Gasteiger partial charge in [-0.05, 0) is 80.2 Å². The molecule has 1 aromatic rings. The molecule has 2 rings (SSSR count). The number of methoxy groups -OCH3 is 1. The lowest BCUT2D eigenvalue weighted by Gasteiger charge is -2.40. The smallest absolute Gasteiger partial charge is 0.410 e. The monoisotopic (exact) mass is 1060 g/mol. The molecule has 0 aromatic heterocycles. The van der Waals surface area contributed by atoms with E-state index >= 15 is 0 Å². The number of anilines is 1. The van der Waals surface area contributed by atoms with Gasteiger partial charge in [-0.1, -0.05) is 80.4 Å². The van der Waals surface area contributed by atoms with E-state index in [9.17, 15) is 47.9 Å². The molecule has 0 saturated carbocycles. The Hall–Kier alpha value is -5.37. The van der Waals surface area contributed by atoms with Crippen molar-refractivity contribution in [3.05, 3.63) is 29.8 Å². The van der Waals surface area contributed by atoms with Crippen molar-refractivity contribution in [3.63, 3.8) is 0 Å². The molecule has 20 heteroatoms. The van der Waals surface area contributed by atoms with Gasteiger partial charge < -0.3 is 41.0 Å². The van der Waals surface area contributed by atoms with E-state index in [1.807, 2.05) is 41.5 Å². The number of rotatable bonds is 34. The van der Waals surface area contributed by atoms with Crippen molar-refractivity contribution in [1.29, 1.82) is 0 Å². The maximum Gasteiger partial charge on any atom is 0.410 e. The van der Waals surface area contributed by atoms with Gasteiger partial charge in [0.15, 0.2) is 11.6 Å². The van der Waals surface area contributed by atoms with E-state index in [1.54, 1.807) is 56.3 Å². The second-order valence-corrected chi connectivity index (χ2v) is 21.8. The van der Waals surface area contributed by atoms with Crippen molar-refractivity contribution >= 4 is 76.5 Å². The minimum Gasteiger partial charge on any atom is -0.445 e. The van der Waals surface area contributed by atoms with E-state index in [0.717, 1.165) is 6.42 Å². The number of unbranched alkanes of at least 4 members (excludes halogenated alkanes) is 2. The molecule has 8 atom stereocenters. The Morgan fingerprint density at radius 2 is 1.49 bits per heavy atom. The summed E-state index contributed by atoms with van der Waals surface area (Å²) < 4.78 is 11.4. The highest BCUT2D eigenvalue weighted by molar-refractivity contribution is 8.00. The molecule has 0 bridgehead atoms. The minimum atomic E-state index is -0.898. The number of carbonyl (C=O) groups is 10. The molecule has 1 aliphatic heterocycles. The van der Waals surface area contributed by atoms with Crippen LogP contribution in [0.15, 0.2) is 24.3 Å². The molecule has 1 heterocycles. The van der Waals surface area contributed by atoms with E-state index in [-0.39, 0.29) is 122 Å². The summed E-state index contributed by atoms with van der Waals surface area (Å²) in [5.41, 5.74) is 6.23. The van der Waals surface area contributed by atoms with E-state index in [0.29, 0.717) is 43.5 Å². The SMILES string of the molecule is CC[C@H](C)[C@@H]([C@@H](CC(C)=O)OC)N(C)C(=O)[C@@H](CC(=O)[C@H](C(C)C)N(C)C(=O)OCc1ccc(NC(=O)[C@H](CCCNC(N)=O)CC(=O)[C@@H](NC(=O)CCCCCN2C(=O)CC(SC)C2=O)C(C)C)cc1)C(C)C. The van der Waals surface area contributed by atoms with Gasteiger partial charge in [0.05, 0.1) is 29.5 Å². The molecular weight excluding hydrogens is 971 g/mol. The fourth-order valence-corrected chi connectivity index (χ4v) is 10.1. The molecular formula is C54H87N7O12S. The zero-order valence-corrected chi connectivity index (χ0v) is 47.1. The Labute approximate surface area is 443 Å². The number of urea groups is 1. The summed E-state index contributed by atoms with van der Waals surface area (Å²) in [6, 6.07) is 3.68. The van der Waals surface area contributed by atoms with Gasteiger partial charge in [-0.2, -0.15) is 11.8 Å². The van der Waals surface area contributed by atoms with Crippen molar-refractivity contribution in [3.8, 4) is 0 Å². The van der Waals surface area contributed by atoms with Gasteiger partial charge in [0, 0.05) is 83.9 Å². The summed E-state index contributed by atoms with van der Waals surface area (Å²) in [6.45, 7) is 16.8. The van der Waals surface area contributed by atoms with Gasteiger partial charge in [0.25, 0.3) is 0 Å². The van der Waals surface area contributed by atoms with Gasteiger partial charge in [-0.3, -0.25) is 43.3 Å². The number of ether oxygens (including phenoxy) is 2. The van der Waals surface area contributed by atoms with Crippen molar-refractivity contribution in [2.45, 2.75) is 169 Å². The van der Waals surface area contributed by atoms with E-state index in [2.05, 4.69) is 16.0 Å². The van der Waals surface area contributed by atoms with Gasteiger partial charge >= 0.3 is 12.1 Å². The molecule has 1 unspecified atom stereocenters. The maximum atomic E-state index is 14.2. The number of likely N-dealkylation sites (N-methyl/N-ethyl adjacent to an activating group) is 2. The quantitative estimate of drug-likeness (QED) is 0.0423. The van der Waals surface area contributed by atoms with Crippen LogP contribution in [0.4, 0.5) is 15.3 Å². The highest BCUT2D eigenvalue weighted by atomic mass is 32.2. The van der Waals surface area contributed by atoms with Crippen LogP contribution in [0.1, 0.15) is 139 Å². The third-order valence-electron chi connectivity index (χ3n) is 13.9. The number of carbonyl (C=O) groups excluding carboxylic acids is 10. The maximum absolute atomic E-state index is 14.2. The summed E-state index contributed by atoms with van der Waals surface area (Å²) in [6.07, 6.45) is 3.67. The Morgan fingerprint density at radius 3 is 2.01 bits per heavy atom. The first-order valence-corrected chi connectivity index (χ1v) is 27.4. The number of Topliss-reactive ketones (excluding diaryl/α,β-unsaturated/α-hetero) is 3. The molecule has 8 amide bonds. The van der Waals surface area contributed by atoms with Gasteiger partial charge in [-0.15, -0.1) is 0 Å². The first kappa shape index (κ1) is 64.7. The normalized spacial score (nSPS) is 16.5. The van der Waals surface area contributed by atoms with Crippen LogP contribution >= 0.6 is 11.8 Å². The lowest BCUT2D eigenvalue weighted by molar-refractivity contribution is -0.146. The molecule has 1 saturated heterocycles. The predicted molar refractivity (Wildman–Crippen MR) is 286 cm³/mol. The summed E-state index contributed by atoms with van der Waals surface area (Å²) in [5.74, 6) is -4.40. The fraction of sp³-hybridized carbons (Fsp3) is 0.704. The minimum absolute atomic E-state index is 0.00536. The highest BCUT2D eigenvalue weighted by Crippen LogP contribution is 2.29. The second kappa shape index (κ2) is 32.2. The number of primary amides is 1. The number of hydrogen-bond acceptors (Lipinski definition) is 13. The van der Waals surface area contributed by atoms with Crippen LogP contribution in [0.3, 0.4) is 0 Å². The molecule has 74 heavy (non-hydrogen) atoms. The summed E-state index contributed by atoms with van der Waals surface area (Å²) >= 11 is 1.36. The van der Waals surface area contributed by atoms with E-state index < -0.39 is 54.1 Å². The number of likely N-dealkylation sites (tertiary alicyclic amines) is 1. The van der Waals surface area contributed by atoms with Crippen LogP contribution < -0.4 is 21.7 Å². The molecule has 1 aliphatic rings. The average molecular weight is 1060 g/mol. The van der Waals surface area contributed by atoms with E-state index in [1.165, 1.54) is 42.6 Å². The average Bonchev–Trinajstić information content (AvgIpc) is 3.61. The molecule has 19 nitrogen and oxygen atoms in total. The Kier molecular flexibility index (Phi) is 28.1. The van der Waals surface area contributed by atoms with Gasteiger partial charge in [-0.25, -0.2) is 9.59 Å². The van der Waals surface area contributed by atoms with Crippen LogP contribution in [-0.2, 0) is 54.4 Å². The highest BCUT2D eigenvalue weighted by Gasteiger charge is 2.40. The van der Waals surface area contributed by atoms with Crippen LogP contribution in [-0.4, -0.2) is 144 Å². The number of amides is 8. The molecule has 0 aliphatic carbocycles. The molecule has 5 N–H and O–H groups in total. The summed E-state index contributed by atoms with van der Waals surface area (Å²) in [5, 5.41) is 7.85. The zero-order chi connectivity index (χ0) is 56.0. The number of nitrogens with one attached hydrogen (secondary N) is 3. The Morgan fingerprint density at radius 1 is 0.838 bits per heavy atom. The Bertz CT molecular complexity index is 2070. The number of benzene rings is 1. The third kappa shape index (κ3) is 20.4.